The van der Waals surface area contributed by atoms with Crippen LogP contribution in [0.4, 0.5) is 0 Å². The molecule has 0 fully saturated rings. The number of rotatable bonds is 6. The SMILES string of the molecule is COc1ccc(P(c2ccc(OC)cc2)c2ccc(OC)cc2)cc1.[Cl][Ru][Cl]. The Hall–Kier alpha value is -1.31. The van der Waals surface area contributed by atoms with E-state index in [4.69, 9.17) is 33.6 Å². The van der Waals surface area contributed by atoms with Gasteiger partial charge >= 0.3 is 34.5 Å². The average molecular weight is 524 g/mol. The van der Waals surface area contributed by atoms with Crippen LogP contribution in [0.1, 0.15) is 0 Å². The number of hydrogen-bond acceptors (Lipinski definition) is 3. The van der Waals surface area contributed by atoms with E-state index in [0.717, 1.165) is 17.2 Å². The van der Waals surface area contributed by atoms with Crippen LogP contribution in [0.2, 0.25) is 0 Å². The predicted molar refractivity (Wildman–Crippen MR) is 117 cm³/mol. The van der Waals surface area contributed by atoms with Gasteiger partial charge in [0.1, 0.15) is 17.2 Å². The zero-order chi connectivity index (χ0) is 20.4. The fourth-order valence-corrected chi connectivity index (χ4v) is 4.88. The summed E-state index contributed by atoms with van der Waals surface area (Å²) in [6.45, 7) is 0. The molecule has 0 spiro atoms. The Balaban J connectivity index is 0.000000878. The third-order valence-corrected chi connectivity index (χ3v) is 6.44. The van der Waals surface area contributed by atoms with E-state index < -0.39 is 7.92 Å². The first-order chi connectivity index (χ1) is 13.7. The second-order valence-corrected chi connectivity index (χ2v) is 10.3. The summed E-state index contributed by atoms with van der Waals surface area (Å²) in [6.07, 6.45) is 0. The molecule has 0 atom stereocenters. The van der Waals surface area contributed by atoms with E-state index in [9.17, 15) is 0 Å². The van der Waals surface area contributed by atoms with Crippen molar-refractivity contribution >= 4 is 43.2 Å². The molecule has 7 heteroatoms. The molecule has 0 aromatic heterocycles. The van der Waals surface area contributed by atoms with Crippen LogP contribution in [0.5, 0.6) is 17.2 Å². The monoisotopic (exact) mass is 524 g/mol. The van der Waals surface area contributed by atoms with Crippen LogP contribution in [0, 0.1) is 0 Å². The Bertz CT molecular complexity index is 715. The van der Waals surface area contributed by atoms with Crippen LogP contribution in [-0.2, 0) is 15.1 Å². The molecule has 28 heavy (non-hydrogen) atoms. The maximum absolute atomic E-state index is 5.30. The molecule has 3 nitrogen and oxygen atoms in total. The molecule has 3 rings (SSSR count). The first-order valence-electron chi connectivity index (χ1n) is 8.24. The normalized spacial score (nSPS) is 10.2. The van der Waals surface area contributed by atoms with Crippen molar-refractivity contribution in [2.24, 2.45) is 0 Å². The topological polar surface area (TPSA) is 27.7 Å². The quantitative estimate of drug-likeness (QED) is 0.341. The van der Waals surface area contributed by atoms with Crippen LogP contribution in [0.15, 0.2) is 72.8 Å². The van der Waals surface area contributed by atoms with Gasteiger partial charge in [-0.1, -0.05) is 36.4 Å². The third kappa shape index (κ3) is 6.36. The molecule has 150 valence electrons. The Morgan fingerprint density at radius 3 is 0.929 bits per heavy atom. The van der Waals surface area contributed by atoms with Crippen LogP contribution in [0.25, 0.3) is 0 Å². The number of benzene rings is 3. The zero-order valence-corrected chi connectivity index (χ0v) is 19.9. The summed E-state index contributed by atoms with van der Waals surface area (Å²) in [5.41, 5.74) is 0. The van der Waals surface area contributed by atoms with Crippen molar-refractivity contribution in [3.05, 3.63) is 72.8 Å². The van der Waals surface area contributed by atoms with Gasteiger partial charge in [0.05, 0.1) is 21.3 Å². The summed E-state index contributed by atoms with van der Waals surface area (Å²) in [4.78, 5) is 0. The van der Waals surface area contributed by atoms with Gasteiger partial charge in [0.25, 0.3) is 0 Å². The molecule has 0 saturated carbocycles. The van der Waals surface area contributed by atoms with E-state index in [0.29, 0.717) is 0 Å². The molecule has 0 amide bonds. The van der Waals surface area contributed by atoms with E-state index in [1.165, 1.54) is 15.9 Å². The van der Waals surface area contributed by atoms with Crippen molar-refractivity contribution in [1.29, 1.82) is 0 Å². The first kappa shape index (κ1) is 23.0. The molecule has 3 aromatic rings. The summed E-state index contributed by atoms with van der Waals surface area (Å²) in [5.74, 6) is 2.59. The van der Waals surface area contributed by atoms with Gasteiger partial charge in [0.15, 0.2) is 0 Å². The molecule has 0 bridgehead atoms. The molecule has 0 radical (unpaired) electrons. The second-order valence-electron chi connectivity index (χ2n) is 5.48. The van der Waals surface area contributed by atoms with Crippen molar-refractivity contribution in [3.63, 3.8) is 0 Å². The molecule has 3 aromatic carbocycles. The molecular weight excluding hydrogens is 503 g/mol. The minimum atomic E-state index is -0.665. The number of hydrogen-bond donors (Lipinski definition) is 0. The molecule has 0 N–H and O–H groups in total. The van der Waals surface area contributed by atoms with Crippen molar-refractivity contribution in [1.82, 2.24) is 0 Å². The van der Waals surface area contributed by atoms with E-state index in [1.54, 1.807) is 21.3 Å². The summed E-state index contributed by atoms with van der Waals surface area (Å²) in [7, 11) is 14.1. The molecular formula is C21H21Cl2O3PRu. The maximum atomic E-state index is 5.30. The van der Waals surface area contributed by atoms with E-state index >= 15 is 0 Å². The first-order valence-corrected chi connectivity index (χ1v) is 14.1. The Labute approximate surface area is 183 Å². The van der Waals surface area contributed by atoms with Gasteiger partial charge in [0, 0.05) is 0 Å². The van der Waals surface area contributed by atoms with Crippen molar-refractivity contribution in [2.45, 2.75) is 0 Å². The summed E-state index contributed by atoms with van der Waals surface area (Å²) >= 11 is -0.346. The van der Waals surface area contributed by atoms with Crippen molar-refractivity contribution in [2.75, 3.05) is 21.3 Å². The fourth-order valence-electron chi connectivity index (χ4n) is 2.64. The van der Waals surface area contributed by atoms with E-state index in [-0.39, 0.29) is 15.1 Å². The summed E-state index contributed by atoms with van der Waals surface area (Å²) in [5, 5.41) is 3.81. The van der Waals surface area contributed by atoms with Crippen molar-refractivity contribution in [3.8, 4) is 17.2 Å². The molecule has 0 aliphatic rings. The van der Waals surface area contributed by atoms with Gasteiger partial charge in [-0.3, -0.25) is 0 Å². The zero-order valence-electron chi connectivity index (χ0n) is 15.7. The Morgan fingerprint density at radius 1 is 0.536 bits per heavy atom. The average Bonchev–Trinajstić information content (AvgIpc) is 2.76. The number of methoxy groups -OCH3 is 3. The summed E-state index contributed by atoms with van der Waals surface area (Å²) in [6, 6.07) is 24.9. The van der Waals surface area contributed by atoms with Crippen LogP contribution < -0.4 is 30.1 Å². The number of halogens is 2. The molecule has 0 saturated heterocycles. The Kier molecular flexibility index (Phi) is 10.1. The third-order valence-electron chi connectivity index (χ3n) is 3.99. The van der Waals surface area contributed by atoms with Gasteiger partial charge in [-0.25, -0.2) is 0 Å². The van der Waals surface area contributed by atoms with Gasteiger partial charge in [0.2, 0.25) is 0 Å². The molecule has 0 aliphatic carbocycles. The van der Waals surface area contributed by atoms with E-state index in [2.05, 4.69) is 36.4 Å². The van der Waals surface area contributed by atoms with E-state index in [1.807, 2.05) is 36.4 Å². The van der Waals surface area contributed by atoms with Gasteiger partial charge in [-0.15, -0.1) is 0 Å². The summed E-state index contributed by atoms with van der Waals surface area (Å²) < 4.78 is 15.9. The Morgan fingerprint density at radius 2 is 0.750 bits per heavy atom. The van der Waals surface area contributed by atoms with Gasteiger partial charge in [-0.05, 0) is 60.2 Å². The standard InChI is InChI=1S/C21H21O3P.2ClH.Ru/c1-22-16-4-10-19(11-5-16)25(20-12-6-17(23-2)7-13-20)21-14-8-18(24-3)9-15-21;;;/h4-15H,1-3H3;2*1H;/q;;;+2/p-2. The minimum absolute atomic E-state index is 0.346. The number of ether oxygens (including phenoxy) is 3. The van der Waals surface area contributed by atoms with Gasteiger partial charge in [-0.2, -0.15) is 0 Å². The molecule has 0 unspecified atom stereocenters. The van der Waals surface area contributed by atoms with Gasteiger partial charge < -0.3 is 14.2 Å². The fraction of sp³-hybridized carbons (Fsp3) is 0.143. The van der Waals surface area contributed by atoms with Crippen LogP contribution in [0.3, 0.4) is 0 Å². The van der Waals surface area contributed by atoms with Crippen molar-refractivity contribution < 1.29 is 29.4 Å². The second kappa shape index (κ2) is 12.3. The predicted octanol–water partition coefficient (Wildman–Crippen LogP) is 4.85. The molecule has 0 aliphatic heterocycles. The van der Waals surface area contributed by atoms with Crippen LogP contribution in [-0.4, -0.2) is 21.3 Å². The molecule has 0 heterocycles. The van der Waals surface area contributed by atoms with Crippen LogP contribution >= 0.6 is 27.3 Å².